The Morgan fingerprint density at radius 1 is 1.40 bits per heavy atom. The predicted octanol–water partition coefficient (Wildman–Crippen LogP) is 2.41. The summed E-state index contributed by atoms with van der Waals surface area (Å²) in [6.07, 6.45) is 1.24. The molecule has 0 aromatic heterocycles. The number of hydrogen-bond acceptors (Lipinski definition) is 2. The largest absolute Gasteiger partial charge is 0.497 e. The van der Waals surface area contributed by atoms with Gasteiger partial charge in [-0.3, -0.25) is 0 Å². The first kappa shape index (κ1) is 10.5. The molecule has 2 rings (SSSR count). The fraction of sp³-hybridized carbons (Fsp3) is 0.538. The Bertz CT molecular complexity index is 324. The van der Waals surface area contributed by atoms with Crippen molar-refractivity contribution in [2.75, 3.05) is 20.2 Å². The minimum Gasteiger partial charge on any atom is -0.497 e. The highest BCUT2D eigenvalue weighted by atomic mass is 16.5. The molecule has 2 atom stereocenters. The van der Waals surface area contributed by atoms with Gasteiger partial charge in [0.15, 0.2) is 0 Å². The first-order valence-corrected chi connectivity index (χ1v) is 5.69. The zero-order chi connectivity index (χ0) is 10.7. The summed E-state index contributed by atoms with van der Waals surface area (Å²) in [5.41, 5.74) is 1.41. The van der Waals surface area contributed by atoms with Gasteiger partial charge in [0.1, 0.15) is 5.75 Å². The molecule has 0 bridgehead atoms. The number of hydrogen-bond donors (Lipinski definition) is 1. The van der Waals surface area contributed by atoms with Crippen LogP contribution in [0.5, 0.6) is 5.75 Å². The summed E-state index contributed by atoms with van der Waals surface area (Å²) in [5.74, 6) is 2.40. The van der Waals surface area contributed by atoms with Gasteiger partial charge in [-0.05, 0) is 30.2 Å². The smallest absolute Gasteiger partial charge is 0.119 e. The van der Waals surface area contributed by atoms with Crippen LogP contribution in [0, 0.1) is 5.92 Å². The van der Waals surface area contributed by atoms with Crippen LogP contribution in [-0.4, -0.2) is 20.2 Å². The lowest BCUT2D eigenvalue weighted by molar-refractivity contribution is 0.412. The van der Waals surface area contributed by atoms with Gasteiger partial charge in [0.2, 0.25) is 0 Å². The normalized spacial score (nSPS) is 25.5. The Morgan fingerprint density at radius 3 is 3.00 bits per heavy atom. The highest BCUT2D eigenvalue weighted by molar-refractivity contribution is 5.32. The fourth-order valence-electron chi connectivity index (χ4n) is 2.42. The third-order valence-electron chi connectivity index (χ3n) is 3.39. The topological polar surface area (TPSA) is 21.3 Å². The van der Waals surface area contributed by atoms with Crippen LogP contribution in [0.1, 0.15) is 24.8 Å². The van der Waals surface area contributed by atoms with Crippen LogP contribution in [0.4, 0.5) is 0 Å². The molecule has 0 radical (unpaired) electrons. The zero-order valence-corrected chi connectivity index (χ0v) is 9.49. The van der Waals surface area contributed by atoms with Crippen molar-refractivity contribution in [2.45, 2.75) is 19.3 Å². The average molecular weight is 205 g/mol. The van der Waals surface area contributed by atoms with E-state index in [9.17, 15) is 0 Å². The van der Waals surface area contributed by atoms with Crippen molar-refractivity contribution in [3.63, 3.8) is 0 Å². The molecule has 0 spiro atoms. The van der Waals surface area contributed by atoms with E-state index in [-0.39, 0.29) is 0 Å². The first-order valence-electron chi connectivity index (χ1n) is 5.69. The maximum atomic E-state index is 5.26. The second-order valence-electron chi connectivity index (χ2n) is 4.21. The summed E-state index contributed by atoms with van der Waals surface area (Å²) in [4.78, 5) is 0. The molecule has 0 saturated carbocycles. The predicted molar refractivity (Wildman–Crippen MR) is 62.4 cm³/mol. The lowest BCUT2D eigenvalue weighted by Gasteiger charge is -2.17. The van der Waals surface area contributed by atoms with Gasteiger partial charge in [-0.25, -0.2) is 0 Å². The Hall–Kier alpha value is -1.02. The van der Waals surface area contributed by atoms with Crippen LogP contribution >= 0.6 is 0 Å². The van der Waals surface area contributed by atoms with E-state index >= 15 is 0 Å². The molecule has 1 aliphatic heterocycles. The van der Waals surface area contributed by atoms with Crippen molar-refractivity contribution >= 4 is 0 Å². The molecular weight excluding hydrogens is 186 g/mol. The zero-order valence-electron chi connectivity index (χ0n) is 9.49. The molecule has 1 aromatic carbocycles. The molecule has 1 heterocycles. The molecule has 1 fully saturated rings. The molecule has 1 N–H and O–H groups in total. The summed E-state index contributed by atoms with van der Waals surface area (Å²) >= 11 is 0. The van der Waals surface area contributed by atoms with E-state index in [0.717, 1.165) is 24.8 Å². The van der Waals surface area contributed by atoms with Crippen molar-refractivity contribution in [3.05, 3.63) is 29.8 Å². The maximum absolute atomic E-state index is 5.26. The minimum absolute atomic E-state index is 0.657. The molecule has 15 heavy (non-hydrogen) atoms. The van der Waals surface area contributed by atoms with Crippen LogP contribution in [0.3, 0.4) is 0 Å². The Kier molecular flexibility index (Phi) is 3.27. The maximum Gasteiger partial charge on any atom is 0.119 e. The fourth-order valence-corrected chi connectivity index (χ4v) is 2.42. The monoisotopic (exact) mass is 205 g/mol. The average Bonchev–Trinajstić information content (AvgIpc) is 2.77. The number of ether oxygens (including phenoxy) is 1. The highest BCUT2D eigenvalue weighted by Crippen LogP contribution is 2.31. The number of rotatable bonds is 3. The van der Waals surface area contributed by atoms with Gasteiger partial charge in [-0.2, -0.15) is 0 Å². The minimum atomic E-state index is 0.657. The van der Waals surface area contributed by atoms with Crippen LogP contribution < -0.4 is 10.1 Å². The van der Waals surface area contributed by atoms with Crippen LogP contribution in [0.15, 0.2) is 24.3 Å². The molecular formula is C13H19NO. The molecule has 1 aromatic rings. The second kappa shape index (κ2) is 4.67. The number of nitrogens with one attached hydrogen (secondary N) is 1. The van der Waals surface area contributed by atoms with E-state index in [1.54, 1.807) is 7.11 Å². The van der Waals surface area contributed by atoms with Gasteiger partial charge in [-0.15, -0.1) is 0 Å². The SMILES string of the molecule is CCC1CNCC1c1cccc(OC)c1. The van der Waals surface area contributed by atoms with Crippen LogP contribution in [-0.2, 0) is 0 Å². The van der Waals surface area contributed by atoms with E-state index in [2.05, 4.69) is 30.4 Å². The van der Waals surface area contributed by atoms with Gasteiger partial charge < -0.3 is 10.1 Å². The summed E-state index contributed by atoms with van der Waals surface area (Å²) < 4.78 is 5.26. The van der Waals surface area contributed by atoms with Gasteiger partial charge in [0.25, 0.3) is 0 Å². The quantitative estimate of drug-likeness (QED) is 0.818. The van der Waals surface area contributed by atoms with Gasteiger partial charge in [0, 0.05) is 12.5 Å². The summed E-state index contributed by atoms with van der Waals surface area (Å²) in [7, 11) is 1.73. The van der Waals surface area contributed by atoms with E-state index < -0.39 is 0 Å². The lowest BCUT2D eigenvalue weighted by atomic mass is 9.87. The molecule has 1 aliphatic rings. The molecule has 2 nitrogen and oxygen atoms in total. The van der Waals surface area contributed by atoms with Crippen LogP contribution in [0.25, 0.3) is 0 Å². The Morgan fingerprint density at radius 2 is 2.27 bits per heavy atom. The third-order valence-corrected chi connectivity index (χ3v) is 3.39. The molecule has 2 heteroatoms. The third kappa shape index (κ3) is 2.15. The van der Waals surface area contributed by atoms with Gasteiger partial charge in [0.05, 0.1) is 7.11 Å². The number of benzene rings is 1. The second-order valence-corrected chi connectivity index (χ2v) is 4.21. The molecule has 2 unspecified atom stereocenters. The van der Waals surface area contributed by atoms with Crippen molar-refractivity contribution in [1.29, 1.82) is 0 Å². The lowest BCUT2D eigenvalue weighted by Crippen LogP contribution is -2.09. The Balaban J connectivity index is 2.20. The molecule has 1 saturated heterocycles. The Labute approximate surface area is 91.6 Å². The van der Waals surface area contributed by atoms with Crippen molar-refractivity contribution < 1.29 is 4.74 Å². The summed E-state index contributed by atoms with van der Waals surface area (Å²) in [6.45, 7) is 4.52. The summed E-state index contributed by atoms with van der Waals surface area (Å²) in [6, 6.07) is 8.47. The van der Waals surface area contributed by atoms with Crippen LogP contribution in [0.2, 0.25) is 0 Å². The van der Waals surface area contributed by atoms with Gasteiger partial charge in [-0.1, -0.05) is 25.5 Å². The molecule has 82 valence electrons. The first-order chi connectivity index (χ1) is 7.35. The van der Waals surface area contributed by atoms with E-state index in [0.29, 0.717) is 5.92 Å². The summed E-state index contributed by atoms with van der Waals surface area (Å²) in [5, 5.41) is 3.47. The van der Waals surface area contributed by atoms with Crippen molar-refractivity contribution in [1.82, 2.24) is 5.32 Å². The van der Waals surface area contributed by atoms with E-state index in [1.807, 2.05) is 6.07 Å². The standard InChI is InChI=1S/C13H19NO/c1-3-10-8-14-9-13(10)11-5-4-6-12(7-11)15-2/h4-7,10,13-14H,3,8-9H2,1-2H3. The number of methoxy groups -OCH3 is 1. The molecule has 0 amide bonds. The van der Waals surface area contributed by atoms with Gasteiger partial charge >= 0.3 is 0 Å². The van der Waals surface area contributed by atoms with Crippen molar-refractivity contribution in [2.24, 2.45) is 5.92 Å². The van der Waals surface area contributed by atoms with E-state index in [1.165, 1.54) is 12.0 Å². The highest BCUT2D eigenvalue weighted by Gasteiger charge is 2.26. The van der Waals surface area contributed by atoms with Crippen molar-refractivity contribution in [3.8, 4) is 5.75 Å². The molecule has 0 aliphatic carbocycles. The van der Waals surface area contributed by atoms with E-state index in [4.69, 9.17) is 4.74 Å².